The van der Waals surface area contributed by atoms with Crippen molar-refractivity contribution in [1.82, 2.24) is 0 Å². The number of nitrogens with one attached hydrogen (secondary N) is 1. The minimum absolute atomic E-state index is 0.0449. The topological polar surface area (TPSA) is 102 Å². The molecule has 0 saturated heterocycles. The van der Waals surface area contributed by atoms with Gasteiger partial charge in [-0.1, -0.05) is 0 Å². The first-order chi connectivity index (χ1) is 9.68. The van der Waals surface area contributed by atoms with Crippen molar-refractivity contribution in [2.45, 2.75) is 25.7 Å². The van der Waals surface area contributed by atoms with E-state index in [4.69, 9.17) is 9.56 Å². The number of aryl methyl sites for hydroxylation is 2. The van der Waals surface area contributed by atoms with Gasteiger partial charge in [-0.2, -0.15) is 0 Å². The van der Waals surface area contributed by atoms with E-state index in [0.29, 0.717) is 17.0 Å². The largest absolute Gasteiger partial charge is 0.456 e. The molecular formula is C14H16N2O4S. The van der Waals surface area contributed by atoms with Crippen molar-refractivity contribution in [1.29, 1.82) is 0 Å². The Labute approximate surface area is 123 Å². The molecule has 1 aromatic carbocycles. The number of carbonyl (C=O) groups excluding carboxylic acids is 1. The fraction of sp³-hybridized carbons (Fsp3) is 0.214. The van der Waals surface area contributed by atoms with Crippen LogP contribution in [0.2, 0.25) is 0 Å². The van der Waals surface area contributed by atoms with E-state index in [9.17, 15) is 13.2 Å². The lowest BCUT2D eigenvalue weighted by molar-refractivity contribution is 0.0995. The monoisotopic (exact) mass is 308 g/mol. The van der Waals surface area contributed by atoms with Gasteiger partial charge in [0.2, 0.25) is 10.0 Å². The lowest BCUT2D eigenvalue weighted by Gasteiger charge is -2.12. The quantitative estimate of drug-likeness (QED) is 0.906. The maximum atomic E-state index is 12.1. The van der Waals surface area contributed by atoms with Gasteiger partial charge in [-0.25, -0.2) is 13.6 Å². The second-order valence-corrected chi connectivity index (χ2v) is 6.38. The van der Waals surface area contributed by atoms with Gasteiger partial charge in [0.05, 0.1) is 4.90 Å². The zero-order chi connectivity index (χ0) is 15.8. The Morgan fingerprint density at radius 1 is 1.19 bits per heavy atom. The van der Waals surface area contributed by atoms with Crippen LogP contribution in [0.3, 0.4) is 0 Å². The number of hydrogen-bond donors (Lipinski definition) is 2. The Morgan fingerprint density at radius 2 is 1.86 bits per heavy atom. The van der Waals surface area contributed by atoms with Gasteiger partial charge < -0.3 is 9.73 Å². The molecule has 0 atom stereocenters. The zero-order valence-electron chi connectivity index (χ0n) is 11.9. The van der Waals surface area contributed by atoms with E-state index >= 15 is 0 Å². The van der Waals surface area contributed by atoms with Gasteiger partial charge >= 0.3 is 0 Å². The van der Waals surface area contributed by atoms with Crippen molar-refractivity contribution in [3.8, 4) is 0 Å². The first-order valence-electron chi connectivity index (χ1n) is 6.20. The van der Waals surface area contributed by atoms with Crippen LogP contribution in [-0.4, -0.2) is 14.3 Å². The van der Waals surface area contributed by atoms with E-state index in [1.807, 2.05) is 0 Å². The Morgan fingerprint density at radius 3 is 2.38 bits per heavy atom. The minimum Gasteiger partial charge on any atom is -0.456 e. The van der Waals surface area contributed by atoms with Crippen LogP contribution >= 0.6 is 0 Å². The summed E-state index contributed by atoms with van der Waals surface area (Å²) in [5, 5.41) is 7.77. The molecule has 0 saturated carbocycles. The van der Waals surface area contributed by atoms with Crippen molar-refractivity contribution in [2.75, 3.05) is 5.32 Å². The smallest absolute Gasteiger partial charge is 0.291 e. The average molecular weight is 308 g/mol. The highest BCUT2D eigenvalue weighted by molar-refractivity contribution is 7.89. The molecule has 0 bridgehead atoms. The minimum atomic E-state index is -3.84. The third-order valence-corrected chi connectivity index (χ3v) is 4.07. The number of primary sulfonamides is 1. The number of furan rings is 1. The van der Waals surface area contributed by atoms with E-state index in [2.05, 4.69) is 5.32 Å². The molecule has 3 N–H and O–H groups in total. The first-order valence-corrected chi connectivity index (χ1v) is 7.75. The molecule has 7 heteroatoms. The fourth-order valence-electron chi connectivity index (χ4n) is 1.86. The molecule has 2 rings (SSSR count). The van der Waals surface area contributed by atoms with E-state index in [1.165, 1.54) is 12.1 Å². The van der Waals surface area contributed by atoms with Crippen LogP contribution < -0.4 is 10.5 Å². The van der Waals surface area contributed by atoms with Crippen molar-refractivity contribution < 1.29 is 17.6 Å². The Bertz CT molecular complexity index is 806. The predicted molar refractivity (Wildman–Crippen MR) is 78.7 cm³/mol. The summed E-state index contributed by atoms with van der Waals surface area (Å²) in [6.07, 6.45) is 0. The SMILES string of the molecule is Cc1ccc(C(=O)Nc2cc(S(N)(=O)=O)cc(C)c2C)o1. The molecule has 6 nitrogen and oxygen atoms in total. The van der Waals surface area contributed by atoms with E-state index in [0.717, 1.165) is 5.56 Å². The van der Waals surface area contributed by atoms with Gasteiger partial charge in [0.25, 0.3) is 5.91 Å². The van der Waals surface area contributed by atoms with Gasteiger partial charge in [0.1, 0.15) is 5.76 Å². The molecular weight excluding hydrogens is 292 g/mol. The first kappa shape index (κ1) is 15.3. The molecule has 2 aromatic rings. The summed E-state index contributed by atoms with van der Waals surface area (Å²) in [4.78, 5) is 12.0. The maximum absolute atomic E-state index is 12.1. The normalized spacial score (nSPS) is 11.4. The number of hydrogen-bond acceptors (Lipinski definition) is 4. The van der Waals surface area contributed by atoms with E-state index in [-0.39, 0.29) is 10.7 Å². The molecule has 112 valence electrons. The van der Waals surface area contributed by atoms with Crippen LogP contribution in [-0.2, 0) is 10.0 Å². The lowest BCUT2D eigenvalue weighted by Crippen LogP contribution is -2.16. The molecule has 0 fully saturated rings. The number of sulfonamides is 1. The fourth-order valence-corrected chi connectivity index (χ4v) is 2.48. The van der Waals surface area contributed by atoms with Crippen LogP contribution in [0.4, 0.5) is 5.69 Å². The summed E-state index contributed by atoms with van der Waals surface area (Å²) >= 11 is 0. The molecule has 1 amide bonds. The molecule has 0 radical (unpaired) electrons. The second-order valence-electron chi connectivity index (χ2n) is 4.82. The van der Waals surface area contributed by atoms with Crippen molar-refractivity contribution in [3.63, 3.8) is 0 Å². The van der Waals surface area contributed by atoms with Crippen molar-refractivity contribution in [2.24, 2.45) is 5.14 Å². The van der Waals surface area contributed by atoms with Gasteiger partial charge in [0.15, 0.2) is 5.76 Å². The number of anilines is 1. The van der Waals surface area contributed by atoms with E-state index in [1.54, 1.807) is 32.9 Å². The number of carbonyl (C=O) groups is 1. The van der Waals surface area contributed by atoms with Gasteiger partial charge in [-0.3, -0.25) is 4.79 Å². The Balaban J connectivity index is 2.40. The predicted octanol–water partition coefficient (Wildman–Crippen LogP) is 2.10. The zero-order valence-corrected chi connectivity index (χ0v) is 12.7. The lowest BCUT2D eigenvalue weighted by atomic mass is 10.1. The molecule has 21 heavy (non-hydrogen) atoms. The summed E-state index contributed by atoms with van der Waals surface area (Å²) in [6.45, 7) is 5.26. The molecule has 0 unspecified atom stereocenters. The van der Waals surface area contributed by atoms with Crippen LogP contribution in [0.25, 0.3) is 0 Å². The molecule has 0 aliphatic carbocycles. The summed E-state index contributed by atoms with van der Waals surface area (Å²) in [7, 11) is -3.84. The molecule has 1 heterocycles. The summed E-state index contributed by atoms with van der Waals surface area (Å²) in [5.74, 6) is 0.328. The summed E-state index contributed by atoms with van der Waals surface area (Å²) < 4.78 is 28.1. The van der Waals surface area contributed by atoms with Gasteiger partial charge in [-0.05, 0) is 56.2 Å². The Kier molecular flexibility index (Phi) is 3.89. The van der Waals surface area contributed by atoms with Crippen LogP contribution in [0.5, 0.6) is 0 Å². The van der Waals surface area contributed by atoms with Gasteiger partial charge in [0, 0.05) is 5.69 Å². The van der Waals surface area contributed by atoms with Crippen LogP contribution in [0.1, 0.15) is 27.4 Å². The Hall–Kier alpha value is -2.12. The molecule has 0 aliphatic rings. The number of rotatable bonds is 3. The van der Waals surface area contributed by atoms with E-state index < -0.39 is 15.9 Å². The number of benzene rings is 1. The van der Waals surface area contributed by atoms with Crippen LogP contribution in [0.15, 0.2) is 33.6 Å². The average Bonchev–Trinajstić information content (AvgIpc) is 2.80. The van der Waals surface area contributed by atoms with Crippen LogP contribution in [0, 0.1) is 20.8 Å². The third-order valence-electron chi connectivity index (χ3n) is 3.18. The highest BCUT2D eigenvalue weighted by Gasteiger charge is 2.16. The van der Waals surface area contributed by atoms with Crippen molar-refractivity contribution in [3.05, 3.63) is 46.9 Å². The highest BCUT2D eigenvalue weighted by atomic mass is 32.2. The second kappa shape index (κ2) is 5.34. The molecule has 1 aromatic heterocycles. The molecule has 0 spiro atoms. The number of amides is 1. The van der Waals surface area contributed by atoms with Crippen molar-refractivity contribution >= 4 is 21.6 Å². The standard InChI is InChI=1S/C14H16N2O4S/c1-8-6-11(21(15,18)19)7-12(10(8)3)16-14(17)13-5-4-9(2)20-13/h4-7H,1-3H3,(H,16,17)(H2,15,18,19). The maximum Gasteiger partial charge on any atom is 0.291 e. The third kappa shape index (κ3) is 3.32. The summed E-state index contributed by atoms with van der Waals surface area (Å²) in [6, 6.07) is 6.03. The highest BCUT2D eigenvalue weighted by Crippen LogP contribution is 2.24. The van der Waals surface area contributed by atoms with Gasteiger partial charge in [-0.15, -0.1) is 0 Å². The summed E-state index contributed by atoms with van der Waals surface area (Å²) in [5.41, 5.74) is 1.87. The molecule has 0 aliphatic heterocycles. The number of nitrogens with two attached hydrogens (primary N) is 1.